The van der Waals surface area contributed by atoms with Crippen LogP contribution in [0.5, 0.6) is 0 Å². The van der Waals surface area contributed by atoms with E-state index in [-0.39, 0.29) is 11.8 Å². The van der Waals surface area contributed by atoms with Gasteiger partial charge in [0.1, 0.15) is 11.5 Å². The summed E-state index contributed by atoms with van der Waals surface area (Å²) in [4.78, 5) is 0. The summed E-state index contributed by atoms with van der Waals surface area (Å²) in [6.45, 7) is 4.98. The number of hydrogen-bond donors (Lipinski definition) is 1. The summed E-state index contributed by atoms with van der Waals surface area (Å²) in [5.74, 6) is -1.27. The lowest BCUT2D eigenvalue weighted by molar-refractivity contribution is -0.0864. The average molecular weight is 399 g/mol. The van der Waals surface area contributed by atoms with Crippen LogP contribution in [0.2, 0.25) is 0 Å². The molecule has 0 unspecified atom stereocenters. The standard InChI is InChI=1S/C22H23F2N3O2/c1-15-4-2-3-5-19(15)22-16(11-25-12-18-14-28-8-9-29-18)13-27(26-22)21-7-6-17(23)10-20(21)24/h2-7,10,13,18,25H,8-9,11-12,14H2,1H3/t18-/m1/s1. The molecule has 0 aliphatic carbocycles. The largest absolute Gasteiger partial charge is 0.376 e. The Labute approximate surface area is 168 Å². The number of halogens is 2. The van der Waals surface area contributed by atoms with Crippen molar-refractivity contribution in [2.45, 2.75) is 19.6 Å². The van der Waals surface area contributed by atoms with Crippen molar-refractivity contribution in [3.05, 3.63) is 71.4 Å². The van der Waals surface area contributed by atoms with E-state index < -0.39 is 11.6 Å². The van der Waals surface area contributed by atoms with Crippen LogP contribution in [0.15, 0.2) is 48.7 Å². The van der Waals surface area contributed by atoms with E-state index in [9.17, 15) is 8.78 Å². The highest BCUT2D eigenvalue weighted by molar-refractivity contribution is 5.66. The summed E-state index contributed by atoms with van der Waals surface area (Å²) in [5, 5.41) is 8.00. The van der Waals surface area contributed by atoms with Crippen molar-refractivity contribution in [1.29, 1.82) is 0 Å². The van der Waals surface area contributed by atoms with E-state index in [2.05, 4.69) is 10.4 Å². The maximum absolute atomic E-state index is 14.3. The molecule has 1 aromatic heterocycles. The molecule has 0 radical (unpaired) electrons. The van der Waals surface area contributed by atoms with Crippen LogP contribution < -0.4 is 5.32 Å². The van der Waals surface area contributed by atoms with Gasteiger partial charge in [-0.15, -0.1) is 0 Å². The van der Waals surface area contributed by atoms with Crippen molar-refractivity contribution in [2.75, 3.05) is 26.4 Å². The third kappa shape index (κ3) is 4.53. The fourth-order valence-electron chi connectivity index (χ4n) is 3.42. The lowest BCUT2D eigenvalue weighted by atomic mass is 10.0. The Morgan fingerprint density at radius 3 is 2.79 bits per heavy atom. The zero-order valence-electron chi connectivity index (χ0n) is 16.2. The van der Waals surface area contributed by atoms with Crippen LogP contribution in [0.1, 0.15) is 11.1 Å². The van der Waals surface area contributed by atoms with Crippen LogP contribution in [0.3, 0.4) is 0 Å². The molecule has 152 valence electrons. The van der Waals surface area contributed by atoms with Crippen molar-refractivity contribution >= 4 is 0 Å². The average Bonchev–Trinajstić information content (AvgIpc) is 3.13. The highest BCUT2D eigenvalue weighted by Crippen LogP contribution is 2.27. The van der Waals surface area contributed by atoms with Crippen molar-refractivity contribution in [2.24, 2.45) is 0 Å². The summed E-state index contributed by atoms with van der Waals surface area (Å²) >= 11 is 0. The lowest BCUT2D eigenvalue weighted by Crippen LogP contribution is -2.37. The summed E-state index contributed by atoms with van der Waals surface area (Å²) < 4.78 is 40.2. The SMILES string of the molecule is Cc1ccccc1-c1nn(-c2ccc(F)cc2F)cc1CNC[C@@H]1COCCO1. The molecular weight excluding hydrogens is 376 g/mol. The van der Waals surface area contributed by atoms with Gasteiger partial charge in [-0.1, -0.05) is 24.3 Å². The van der Waals surface area contributed by atoms with Gasteiger partial charge < -0.3 is 14.8 Å². The van der Waals surface area contributed by atoms with Gasteiger partial charge in [-0.05, 0) is 24.6 Å². The van der Waals surface area contributed by atoms with Gasteiger partial charge in [0, 0.05) is 36.5 Å². The quantitative estimate of drug-likeness (QED) is 0.688. The third-order valence-corrected chi connectivity index (χ3v) is 4.92. The zero-order valence-corrected chi connectivity index (χ0v) is 16.2. The van der Waals surface area contributed by atoms with Crippen molar-refractivity contribution in [3.63, 3.8) is 0 Å². The molecule has 4 rings (SSSR count). The molecule has 1 atom stereocenters. The molecule has 0 bridgehead atoms. The second-order valence-corrected chi connectivity index (χ2v) is 7.06. The molecule has 1 N–H and O–H groups in total. The number of benzene rings is 2. The summed E-state index contributed by atoms with van der Waals surface area (Å²) in [6, 6.07) is 11.4. The number of aromatic nitrogens is 2. The molecule has 5 nitrogen and oxygen atoms in total. The number of rotatable bonds is 6. The van der Waals surface area contributed by atoms with Gasteiger partial charge >= 0.3 is 0 Å². The lowest BCUT2D eigenvalue weighted by Gasteiger charge is -2.23. The zero-order chi connectivity index (χ0) is 20.2. The molecule has 7 heteroatoms. The van der Waals surface area contributed by atoms with Gasteiger partial charge in [-0.2, -0.15) is 5.10 Å². The topological polar surface area (TPSA) is 48.3 Å². The van der Waals surface area contributed by atoms with E-state index in [0.717, 1.165) is 28.5 Å². The fraction of sp³-hybridized carbons (Fsp3) is 0.318. The van der Waals surface area contributed by atoms with Gasteiger partial charge in [0.15, 0.2) is 5.82 Å². The summed E-state index contributed by atoms with van der Waals surface area (Å²) in [7, 11) is 0. The molecule has 29 heavy (non-hydrogen) atoms. The van der Waals surface area contributed by atoms with E-state index in [0.29, 0.717) is 32.9 Å². The molecule has 1 aliphatic rings. The Morgan fingerprint density at radius 1 is 1.17 bits per heavy atom. The highest BCUT2D eigenvalue weighted by Gasteiger charge is 2.18. The minimum Gasteiger partial charge on any atom is -0.376 e. The van der Waals surface area contributed by atoms with E-state index in [1.807, 2.05) is 31.2 Å². The highest BCUT2D eigenvalue weighted by atomic mass is 19.1. The summed E-state index contributed by atoms with van der Waals surface area (Å²) in [6.07, 6.45) is 1.79. The van der Waals surface area contributed by atoms with Crippen LogP contribution in [0.4, 0.5) is 8.78 Å². The maximum Gasteiger partial charge on any atom is 0.151 e. The smallest absolute Gasteiger partial charge is 0.151 e. The third-order valence-electron chi connectivity index (χ3n) is 4.92. The first kappa shape index (κ1) is 19.7. The van der Waals surface area contributed by atoms with Crippen molar-refractivity contribution < 1.29 is 18.3 Å². The predicted molar refractivity (Wildman–Crippen MR) is 106 cm³/mol. The van der Waals surface area contributed by atoms with Crippen LogP contribution in [-0.4, -0.2) is 42.2 Å². The minimum atomic E-state index is -0.656. The number of nitrogens with one attached hydrogen (secondary N) is 1. The van der Waals surface area contributed by atoms with E-state index in [1.54, 1.807) is 6.20 Å². The van der Waals surface area contributed by atoms with Crippen LogP contribution in [0.25, 0.3) is 16.9 Å². The van der Waals surface area contributed by atoms with Gasteiger partial charge in [-0.3, -0.25) is 0 Å². The van der Waals surface area contributed by atoms with E-state index >= 15 is 0 Å². The minimum absolute atomic E-state index is 0.00949. The van der Waals surface area contributed by atoms with Gasteiger partial charge in [0.2, 0.25) is 0 Å². The van der Waals surface area contributed by atoms with Gasteiger partial charge in [0.25, 0.3) is 0 Å². The van der Waals surface area contributed by atoms with E-state index in [4.69, 9.17) is 9.47 Å². The Morgan fingerprint density at radius 2 is 2.03 bits per heavy atom. The van der Waals surface area contributed by atoms with E-state index in [1.165, 1.54) is 16.8 Å². The molecular formula is C22H23F2N3O2. The number of ether oxygens (including phenoxy) is 2. The Bertz CT molecular complexity index is 984. The fourth-order valence-corrected chi connectivity index (χ4v) is 3.42. The van der Waals surface area contributed by atoms with Crippen molar-refractivity contribution in [3.8, 4) is 16.9 Å². The summed E-state index contributed by atoms with van der Waals surface area (Å²) in [5.41, 5.74) is 3.93. The molecule has 1 fully saturated rings. The predicted octanol–water partition coefficient (Wildman–Crippen LogP) is 3.63. The monoisotopic (exact) mass is 399 g/mol. The van der Waals surface area contributed by atoms with Gasteiger partial charge in [0.05, 0.1) is 31.6 Å². The normalized spacial score (nSPS) is 16.9. The molecule has 0 amide bonds. The van der Waals surface area contributed by atoms with Crippen molar-refractivity contribution in [1.82, 2.24) is 15.1 Å². The molecule has 3 aromatic rings. The first-order chi connectivity index (χ1) is 14.1. The maximum atomic E-state index is 14.3. The Balaban J connectivity index is 1.62. The van der Waals surface area contributed by atoms with Crippen LogP contribution in [0, 0.1) is 18.6 Å². The van der Waals surface area contributed by atoms with Crippen LogP contribution in [-0.2, 0) is 16.0 Å². The molecule has 0 spiro atoms. The first-order valence-electron chi connectivity index (χ1n) is 9.62. The molecule has 0 saturated carbocycles. The molecule has 1 aliphatic heterocycles. The second-order valence-electron chi connectivity index (χ2n) is 7.06. The number of aryl methyl sites for hydroxylation is 1. The second kappa shape index (κ2) is 8.82. The molecule has 2 heterocycles. The van der Waals surface area contributed by atoms with Crippen LogP contribution >= 0.6 is 0 Å². The number of nitrogens with zero attached hydrogens (tertiary/aromatic N) is 2. The first-order valence-corrected chi connectivity index (χ1v) is 9.62. The number of hydrogen-bond acceptors (Lipinski definition) is 4. The Kier molecular flexibility index (Phi) is 5.99. The molecule has 1 saturated heterocycles. The molecule has 2 aromatic carbocycles. The van der Waals surface area contributed by atoms with Gasteiger partial charge in [-0.25, -0.2) is 13.5 Å². The Hall–Kier alpha value is -2.61.